The summed E-state index contributed by atoms with van der Waals surface area (Å²) in [5.74, 6) is 0.895. The van der Waals surface area contributed by atoms with Gasteiger partial charge in [0.25, 0.3) is 0 Å². The summed E-state index contributed by atoms with van der Waals surface area (Å²) in [7, 11) is 0. The number of ether oxygens (including phenoxy) is 2. The Hall–Kier alpha value is -2.79. The molecule has 220 valence electrons. The van der Waals surface area contributed by atoms with Crippen molar-refractivity contribution in [1.82, 2.24) is 19.9 Å². The van der Waals surface area contributed by atoms with Crippen molar-refractivity contribution >= 4 is 28.2 Å². The Morgan fingerprint density at radius 1 is 1.12 bits per heavy atom. The standard InChI is InChI=1S/C28H37FN8O3S/c1-26(38)3-2-6-36(13-26)23-32-24(34-25(33-23)40-17-27(4-5-27)14-35-7-9-39-10-8-35)37-15-28(16-37)20(29)11-19-21(28)18(12-30)22(31)41-19/h20,38H,2-11,13-17,31H2,1H3/t20-,26-/m1/s1. The van der Waals surface area contributed by atoms with Crippen LogP contribution in [0.25, 0.3) is 0 Å². The molecule has 13 heteroatoms. The normalized spacial score (nSPS) is 28.3. The molecule has 3 aliphatic heterocycles. The van der Waals surface area contributed by atoms with Gasteiger partial charge in [-0.15, -0.1) is 11.3 Å². The number of nitrogens with zero attached hydrogens (tertiary/aromatic N) is 7. The third-order valence-electron chi connectivity index (χ3n) is 9.49. The summed E-state index contributed by atoms with van der Waals surface area (Å²) in [4.78, 5) is 21.4. The van der Waals surface area contributed by atoms with Gasteiger partial charge < -0.3 is 30.1 Å². The molecule has 3 N–H and O–H groups in total. The molecule has 3 saturated heterocycles. The molecule has 0 bridgehead atoms. The van der Waals surface area contributed by atoms with Gasteiger partial charge >= 0.3 is 6.01 Å². The molecule has 1 spiro atoms. The van der Waals surface area contributed by atoms with E-state index in [0.29, 0.717) is 55.1 Å². The number of nitriles is 1. The molecule has 4 fully saturated rings. The zero-order chi connectivity index (χ0) is 28.4. The summed E-state index contributed by atoms with van der Waals surface area (Å²) in [6, 6.07) is 2.46. The van der Waals surface area contributed by atoms with Gasteiger partial charge in [-0.3, -0.25) is 4.90 Å². The number of β-amino-alcohol motifs (C(OH)–C–C–N with tert-alkyl or cyclic N) is 1. The van der Waals surface area contributed by atoms with Crippen LogP contribution in [0.1, 0.15) is 48.6 Å². The molecule has 5 aliphatic rings. The van der Waals surface area contributed by atoms with Gasteiger partial charge in [-0.05, 0) is 38.2 Å². The van der Waals surface area contributed by atoms with Crippen LogP contribution in [0, 0.1) is 16.7 Å². The number of alkyl halides is 1. The summed E-state index contributed by atoms with van der Waals surface area (Å²) in [6.07, 6.45) is 2.94. The fraction of sp³-hybridized carbons (Fsp3) is 0.714. The Labute approximate surface area is 243 Å². The lowest BCUT2D eigenvalue weighted by atomic mass is 9.73. The van der Waals surface area contributed by atoms with Crippen LogP contribution in [-0.4, -0.2) is 102 Å². The van der Waals surface area contributed by atoms with E-state index in [1.54, 1.807) is 0 Å². The van der Waals surface area contributed by atoms with E-state index in [2.05, 4.69) is 16.0 Å². The molecule has 0 amide bonds. The minimum Gasteiger partial charge on any atom is -0.463 e. The Morgan fingerprint density at radius 3 is 2.54 bits per heavy atom. The van der Waals surface area contributed by atoms with Gasteiger partial charge in [0.1, 0.15) is 17.2 Å². The topological polar surface area (TPSA) is 137 Å². The van der Waals surface area contributed by atoms with Gasteiger partial charge in [0.05, 0.1) is 36.4 Å². The fourth-order valence-corrected chi connectivity index (χ4v) is 8.13. The average Bonchev–Trinajstić information content (AvgIpc) is 3.53. The zero-order valence-electron chi connectivity index (χ0n) is 23.4. The van der Waals surface area contributed by atoms with Crippen molar-refractivity contribution in [3.05, 3.63) is 16.0 Å². The van der Waals surface area contributed by atoms with Gasteiger partial charge in [-0.1, -0.05) is 0 Å². The number of rotatable bonds is 7. The van der Waals surface area contributed by atoms with E-state index >= 15 is 4.39 Å². The molecule has 2 aromatic rings. The minimum atomic E-state index is -1.09. The van der Waals surface area contributed by atoms with Gasteiger partial charge in [0, 0.05) is 62.5 Å². The van der Waals surface area contributed by atoms with Gasteiger partial charge in [-0.2, -0.15) is 20.2 Å². The molecule has 7 rings (SSSR count). The van der Waals surface area contributed by atoms with E-state index in [0.717, 1.165) is 69.1 Å². The highest BCUT2D eigenvalue weighted by Crippen LogP contribution is 2.53. The predicted octanol–water partition coefficient (Wildman–Crippen LogP) is 1.88. The Kier molecular flexibility index (Phi) is 6.53. The van der Waals surface area contributed by atoms with E-state index in [-0.39, 0.29) is 17.8 Å². The van der Waals surface area contributed by atoms with Crippen molar-refractivity contribution in [2.45, 2.75) is 56.2 Å². The third-order valence-corrected chi connectivity index (χ3v) is 10.5. The highest BCUT2D eigenvalue weighted by molar-refractivity contribution is 7.16. The van der Waals surface area contributed by atoms with Crippen molar-refractivity contribution in [1.29, 1.82) is 5.26 Å². The van der Waals surface area contributed by atoms with Crippen LogP contribution < -0.4 is 20.3 Å². The van der Waals surface area contributed by atoms with Gasteiger partial charge in [0.2, 0.25) is 11.9 Å². The number of piperidine rings is 1. The summed E-state index contributed by atoms with van der Waals surface area (Å²) in [5, 5.41) is 21.0. The number of halogens is 1. The van der Waals surface area contributed by atoms with E-state index in [1.165, 1.54) is 11.3 Å². The van der Waals surface area contributed by atoms with E-state index in [4.69, 9.17) is 25.2 Å². The van der Waals surface area contributed by atoms with Crippen LogP contribution in [0.3, 0.4) is 0 Å². The zero-order valence-corrected chi connectivity index (χ0v) is 24.3. The molecule has 0 aromatic carbocycles. The molecular weight excluding hydrogens is 547 g/mol. The molecule has 5 heterocycles. The molecule has 0 unspecified atom stereocenters. The first kappa shape index (κ1) is 27.1. The lowest BCUT2D eigenvalue weighted by Crippen LogP contribution is -2.63. The highest BCUT2D eigenvalue weighted by Gasteiger charge is 2.58. The highest BCUT2D eigenvalue weighted by atomic mass is 32.1. The molecule has 0 radical (unpaired) electrons. The monoisotopic (exact) mass is 584 g/mol. The summed E-state index contributed by atoms with van der Waals surface area (Å²) in [5.41, 5.74) is 5.76. The van der Waals surface area contributed by atoms with Crippen LogP contribution >= 0.6 is 11.3 Å². The lowest BCUT2D eigenvalue weighted by Gasteiger charge is -2.49. The maximum absolute atomic E-state index is 15.5. The number of nitrogens with two attached hydrogens (primary N) is 1. The average molecular weight is 585 g/mol. The number of aromatic nitrogens is 3. The summed E-state index contributed by atoms with van der Waals surface area (Å²) >= 11 is 1.33. The quantitative estimate of drug-likeness (QED) is 0.494. The number of anilines is 3. The van der Waals surface area contributed by atoms with Crippen molar-refractivity contribution in [3.63, 3.8) is 0 Å². The minimum absolute atomic E-state index is 0.0914. The van der Waals surface area contributed by atoms with Crippen LogP contribution in [0.5, 0.6) is 6.01 Å². The molecular formula is C28H37FN8O3S. The number of hydrogen-bond acceptors (Lipinski definition) is 12. The first-order valence-corrected chi connectivity index (χ1v) is 15.4. The first-order valence-electron chi connectivity index (χ1n) is 14.6. The number of hydrogen-bond donors (Lipinski definition) is 2. The maximum Gasteiger partial charge on any atom is 0.323 e. The number of thiophene rings is 1. The van der Waals surface area contributed by atoms with E-state index in [9.17, 15) is 10.4 Å². The lowest BCUT2D eigenvalue weighted by molar-refractivity contribution is 0.0231. The van der Waals surface area contributed by atoms with Crippen LogP contribution in [-0.2, 0) is 16.6 Å². The predicted molar refractivity (Wildman–Crippen MR) is 152 cm³/mol. The second kappa shape index (κ2) is 9.90. The number of fused-ring (bicyclic) bond motifs is 2. The molecule has 11 nitrogen and oxygen atoms in total. The number of morpholine rings is 1. The number of nitrogen functional groups attached to an aromatic ring is 1. The Bertz CT molecular complexity index is 1360. The SMILES string of the molecule is C[C@@]1(O)CCCN(c2nc(OCC3(CN4CCOCC4)CC3)nc(N3CC4(C3)c3c(sc(N)c3C#N)C[C@H]4F)n2)C1. The Morgan fingerprint density at radius 2 is 1.85 bits per heavy atom. The van der Waals surface area contributed by atoms with Crippen molar-refractivity contribution in [3.8, 4) is 12.1 Å². The van der Waals surface area contributed by atoms with E-state index in [1.807, 2.05) is 16.7 Å². The summed E-state index contributed by atoms with van der Waals surface area (Å²) in [6.45, 7) is 8.57. The Balaban J connectivity index is 1.13. The third kappa shape index (κ3) is 4.88. The summed E-state index contributed by atoms with van der Waals surface area (Å²) < 4.78 is 27.3. The van der Waals surface area contributed by atoms with Crippen molar-refractivity contribution < 1.29 is 19.0 Å². The second-order valence-electron chi connectivity index (χ2n) is 12.9. The smallest absolute Gasteiger partial charge is 0.323 e. The van der Waals surface area contributed by atoms with Crippen molar-refractivity contribution in [2.24, 2.45) is 5.41 Å². The maximum atomic E-state index is 15.5. The number of aliphatic hydroxyl groups is 1. The van der Waals surface area contributed by atoms with Crippen LogP contribution in [0.4, 0.5) is 21.3 Å². The van der Waals surface area contributed by atoms with Gasteiger partial charge in [0.15, 0.2) is 0 Å². The molecule has 2 aliphatic carbocycles. The first-order chi connectivity index (χ1) is 19.7. The van der Waals surface area contributed by atoms with Crippen LogP contribution in [0.15, 0.2) is 0 Å². The van der Waals surface area contributed by atoms with E-state index < -0.39 is 17.2 Å². The van der Waals surface area contributed by atoms with Crippen LogP contribution in [0.2, 0.25) is 0 Å². The van der Waals surface area contributed by atoms with Crippen molar-refractivity contribution in [2.75, 3.05) is 81.2 Å². The molecule has 41 heavy (non-hydrogen) atoms. The molecule has 2 atom stereocenters. The van der Waals surface area contributed by atoms with Gasteiger partial charge in [-0.25, -0.2) is 4.39 Å². The molecule has 2 aromatic heterocycles. The fourth-order valence-electron chi connectivity index (χ4n) is 6.98. The molecule has 1 saturated carbocycles. The largest absolute Gasteiger partial charge is 0.463 e. The second-order valence-corrected chi connectivity index (χ2v) is 14.0.